The van der Waals surface area contributed by atoms with Crippen LogP contribution in [0.4, 0.5) is 0 Å². The number of rotatable bonds is 7. The molecule has 0 saturated carbocycles. The molecule has 6 nitrogen and oxygen atoms in total. The number of aliphatic hydroxyl groups is 4. The first-order chi connectivity index (χ1) is 14.4. The first kappa shape index (κ1) is 23.0. The molecule has 0 aromatic heterocycles. The van der Waals surface area contributed by atoms with Crippen molar-refractivity contribution in [3.8, 4) is 5.75 Å². The van der Waals surface area contributed by atoms with Gasteiger partial charge in [-0.1, -0.05) is 36.7 Å². The predicted molar refractivity (Wildman–Crippen MR) is 114 cm³/mol. The van der Waals surface area contributed by atoms with Crippen LogP contribution in [0.3, 0.4) is 0 Å². The van der Waals surface area contributed by atoms with Gasteiger partial charge in [-0.25, -0.2) is 0 Å². The minimum atomic E-state index is -1.42. The molecular formula is C23H29ClO6. The van der Waals surface area contributed by atoms with Gasteiger partial charge in [0, 0.05) is 5.02 Å². The Balaban J connectivity index is 1.93. The lowest BCUT2D eigenvalue weighted by Gasteiger charge is -2.41. The van der Waals surface area contributed by atoms with Gasteiger partial charge in [0.1, 0.15) is 36.3 Å². The SMILES string of the molecule is CCOc1ccc(Cc2cc(C3OC(CO)C(O)C(O)C3O)c(CC)cc2Cl)cc1. The van der Waals surface area contributed by atoms with Crippen LogP contribution >= 0.6 is 11.6 Å². The Morgan fingerprint density at radius 1 is 0.967 bits per heavy atom. The maximum atomic E-state index is 10.6. The Labute approximate surface area is 181 Å². The summed E-state index contributed by atoms with van der Waals surface area (Å²) < 4.78 is 11.3. The standard InChI is InChI=1S/C23H29ClO6/c1-3-14-11-18(24)15(9-13-5-7-16(8-6-13)29-4-2)10-17(14)23-22(28)21(27)20(26)19(12-25)30-23/h5-8,10-11,19-23,25-28H,3-4,9,12H2,1-2H3. The Bertz CT molecular complexity index is 838. The molecule has 0 bridgehead atoms. The van der Waals surface area contributed by atoms with Gasteiger partial charge in [-0.2, -0.15) is 0 Å². The van der Waals surface area contributed by atoms with Crippen LogP contribution in [0.25, 0.3) is 0 Å². The molecule has 1 saturated heterocycles. The first-order valence-corrected chi connectivity index (χ1v) is 10.6. The first-order valence-electron chi connectivity index (χ1n) is 10.2. The van der Waals surface area contributed by atoms with Crippen molar-refractivity contribution in [3.63, 3.8) is 0 Å². The Hall–Kier alpha value is -1.67. The molecule has 1 aliphatic heterocycles. The zero-order chi connectivity index (χ0) is 21.8. The Morgan fingerprint density at radius 2 is 1.67 bits per heavy atom. The monoisotopic (exact) mass is 436 g/mol. The highest BCUT2D eigenvalue weighted by molar-refractivity contribution is 6.31. The average molecular weight is 437 g/mol. The number of hydrogen-bond donors (Lipinski definition) is 4. The second-order valence-corrected chi connectivity index (χ2v) is 7.91. The van der Waals surface area contributed by atoms with Crippen LogP contribution in [0, 0.1) is 0 Å². The van der Waals surface area contributed by atoms with Crippen molar-refractivity contribution in [2.45, 2.75) is 57.2 Å². The van der Waals surface area contributed by atoms with E-state index in [-0.39, 0.29) is 0 Å². The van der Waals surface area contributed by atoms with E-state index in [4.69, 9.17) is 21.1 Å². The van der Waals surface area contributed by atoms with Crippen molar-refractivity contribution in [3.05, 3.63) is 63.7 Å². The molecule has 1 fully saturated rings. The minimum absolute atomic E-state index is 0.463. The Kier molecular flexibility index (Phi) is 7.74. The van der Waals surface area contributed by atoms with Gasteiger partial charge in [0.25, 0.3) is 0 Å². The molecule has 0 radical (unpaired) electrons. The van der Waals surface area contributed by atoms with Crippen LogP contribution in [-0.2, 0) is 17.6 Å². The van der Waals surface area contributed by atoms with E-state index >= 15 is 0 Å². The van der Waals surface area contributed by atoms with Gasteiger partial charge in [-0.3, -0.25) is 0 Å². The van der Waals surface area contributed by atoms with Gasteiger partial charge in [0.05, 0.1) is 13.2 Å². The molecule has 0 aliphatic carbocycles. The van der Waals surface area contributed by atoms with E-state index in [9.17, 15) is 20.4 Å². The maximum absolute atomic E-state index is 10.6. The minimum Gasteiger partial charge on any atom is -0.494 e. The number of benzene rings is 2. The molecule has 5 atom stereocenters. The van der Waals surface area contributed by atoms with E-state index in [0.29, 0.717) is 30.0 Å². The van der Waals surface area contributed by atoms with Crippen molar-refractivity contribution in [1.29, 1.82) is 0 Å². The summed E-state index contributed by atoms with van der Waals surface area (Å²) in [5.41, 5.74) is 3.47. The van der Waals surface area contributed by atoms with Crippen molar-refractivity contribution in [2.75, 3.05) is 13.2 Å². The van der Waals surface area contributed by atoms with E-state index < -0.39 is 37.1 Å². The second-order valence-electron chi connectivity index (χ2n) is 7.50. The van der Waals surface area contributed by atoms with Crippen LogP contribution in [0.5, 0.6) is 5.75 Å². The molecule has 30 heavy (non-hydrogen) atoms. The van der Waals surface area contributed by atoms with E-state index in [2.05, 4.69) is 0 Å². The molecule has 7 heteroatoms. The zero-order valence-electron chi connectivity index (χ0n) is 17.2. The highest BCUT2D eigenvalue weighted by Gasteiger charge is 2.44. The van der Waals surface area contributed by atoms with Crippen LogP contribution in [-0.4, -0.2) is 58.1 Å². The molecular weight excluding hydrogens is 408 g/mol. The molecule has 4 N–H and O–H groups in total. The van der Waals surface area contributed by atoms with Crippen LogP contribution < -0.4 is 4.74 Å². The van der Waals surface area contributed by atoms with E-state index in [1.54, 1.807) is 0 Å². The number of hydrogen-bond acceptors (Lipinski definition) is 6. The van der Waals surface area contributed by atoms with Crippen LogP contribution in [0.2, 0.25) is 5.02 Å². The molecule has 2 aromatic carbocycles. The molecule has 0 spiro atoms. The van der Waals surface area contributed by atoms with Gasteiger partial charge >= 0.3 is 0 Å². The third-order valence-corrected chi connectivity index (χ3v) is 5.87. The van der Waals surface area contributed by atoms with Crippen LogP contribution in [0.1, 0.15) is 42.2 Å². The molecule has 1 heterocycles. The summed E-state index contributed by atoms with van der Waals surface area (Å²) in [6.07, 6.45) is -4.76. The third-order valence-electron chi connectivity index (χ3n) is 5.52. The highest BCUT2D eigenvalue weighted by atomic mass is 35.5. The Morgan fingerprint density at radius 3 is 2.27 bits per heavy atom. The number of halogens is 1. The number of ether oxygens (including phenoxy) is 2. The molecule has 1 aliphatic rings. The van der Waals surface area contributed by atoms with Crippen molar-refractivity contribution in [1.82, 2.24) is 0 Å². The summed E-state index contributed by atoms with van der Waals surface area (Å²) in [6.45, 7) is 4.04. The third kappa shape index (κ3) is 4.80. The highest BCUT2D eigenvalue weighted by Crippen LogP contribution is 2.37. The smallest absolute Gasteiger partial charge is 0.119 e. The van der Waals surface area contributed by atoms with Gasteiger partial charge < -0.3 is 29.9 Å². The summed E-state index contributed by atoms with van der Waals surface area (Å²) in [4.78, 5) is 0. The molecule has 0 amide bonds. The van der Waals surface area contributed by atoms with Crippen molar-refractivity contribution in [2.24, 2.45) is 0 Å². The van der Waals surface area contributed by atoms with E-state index in [1.807, 2.05) is 50.2 Å². The lowest BCUT2D eigenvalue weighted by Crippen LogP contribution is -2.55. The normalized spacial score (nSPS) is 26.6. The van der Waals surface area contributed by atoms with E-state index in [0.717, 1.165) is 22.4 Å². The second kappa shape index (κ2) is 10.1. The van der Waals surface area contributed by atoms with E-state index in [1.165, 1.54) is 0 Å². The summed E-state index contributed by atoms with van der Waals surface area (Å²) in [5, 5.41) is 40.9. The number of aryl methyl sites for hydroxylation is 1. The lowest BCUT2D eigenvalue weighted by molar-refractivity contribution is -0.231. The molecule has 2 aromatic rings. The quantitative estimate of drug-likeness (QED) is 0.532. The van der Waals surface area contributed by atoms with Crippen LogP contribution in [0.15, 0.2) is 36.4 Å². The summed E-state index contributed by atoms with van der Waals surface area (Å²) >= 11 is 6.54. The van der Waals surface area contributed by atoms with Crippen molar-refractivity contribution >= 4 is 11.6 Å². The molecule has 5 unspecified atom stereocenters. The van der Waals surface area contributed by atoms with Gasteiger partial charge in [0.2, 0.25) is 0 Å². The zero-order valence-corrected chi connectivity index (χ0v) is 17.9. The molecule has 3 rings (SSSR count). The fourth-order valence-corrected chi connectivity index (χ4v) is 4.09. The summed E-state index contributed by atoms with van der Waals surface area (Å²) in [7, 11) is 0. The van der Waals surface area contributed by atoms with Gasteiger partial charge in [-0.15, -0.1) is 0 Å². The van der Waals surface area contributed by atoms with Gasteiger partial charge in [0.15, 0.2) is 0 Å². The van der Waals surface area contributed by atoms with Gasteiger partial charge in [-0.05, 0) is 60.2 Å². The summed E-state index contributed by atoms with van der Waals surface area (Å²) in [6, 6.07) is 11.5. The topological polar surface area (TPSA) is 99.4 Å². The molecule has 164 valence electrons. The fourth-order valence-electron chi connectivity index (χ4n) is 3.83. The number of aliphatic hydroxyl groups excluding tert-OH is 4. The maximum Gasteiger partial charge on any atom is 0.119 e. The van der Waals surface area contributed by atoms with Crippen molar-refractivity contribution < 1.29 is 29.9 Å². The average Bonchev–Trinajstić information content (AvgIpc) is 2.75. The lowest BCUT2D eigenvalue weighted by atomic mass is 9.87. The fraction of sp³-hybridized carbons (Fsp3) is 0.478. The largest absolute Gasteiger partial charge is 0.494 e. The summed E-state index contributed by atoms with van der Waals surface area (Å²) in [5.74, 6) is 0.802. The predicted octanol–water partition coefficient (Wildman–Crippen LogP) is 2.41.